The van der Waals surface area contributed by atoms with Gasteiger partial charge in [0.1, 0.15) is 22.8 Å². The van der Waals surface area contributed by atoms with Crippen molar-refractivity contribution in [1.82, 2.24) is 4.98 Å². The highest BCUT2D eigenvalue weighted by Gasteiger charge is 2.11. The van der Waals surface area contributed by atoms with Gasteiger partial charge in [0.2, 0.25) is 0 Å². The van der Waals surface area contributed by atoms with Gasteiger partial charge in [-0.2, -0.15) is 0 Å². The molecular weight excluding hydrogens is 300 g/mol. The van der Waals surface area contributed by atoms with Crippen molar-refractivity contribution in [2.45, 2.75) is 0 Å². The molecule has 114 valence electrons. The first kappa shape index (κ1) is 14.5. The maximum atomic E-state index is 5.39. The zero-order chi connectivity index (χ0) is 15.5. The molecule has 0 radical (unpaired) electrons. The first-order valence-corrected chi connectivity index (χ1v) is 7.49. The van der Waals surface area contributed by atoms with E-state index >= 15 is 0 Å². The second-order valence-corrected chi connectivity index (χ2v) is 5.58. The monoisotopic (exact) mass is 316 g/mol. The highest BCUT2D eigenvalue weighted by Crippen LogP contribution is 2.37. The number of nitrogens with one attached hydrogen (secondary N) is 1. The van der Waals surface area contributed by atoms with Crippen molar-refractivity contribution < 1.29 is 14.2 Å². The molecule has 5 nitrogen and oxygen atoms in total. The van der Waals surface area contributed by atoms with Crippen LogP contribution in [0.4, 0.5) is 10.8 Å². The molecule has 0 fully saturated rings. The maximum Gasteiger partial charge on any atom is 0.188 e. The Morgan fingerprint density at radius 2 is 1.77 bits per heavy atom. The molecule has 2 aromatic carbocycles. The summed E-state index contributed by atoms with van der Waals surface area (Å²) in [6.07, 6.45) is 0. The van der Waals surface area contributed by atoms with Crippen LogP contribution in [0.2, 0.25) is 0 Å². The summed E-state index contributed by atoms with van der Waals surface area (Å²) in [5, 5.41) is 4.07. The van der Waals surface area contributed by atoms with Crippen LogP contribution in [0.3, 0.4) is 0 Å². The fourth-order valence-corrected chi connectivity index (χ4v) is 3.06. The normalized spacial score (nSPS) is 10.5. The van der Waals surface area contributed by atoms with E-state index in [1.807, 2.05) is 36.4 Å². The smallest absolute Gasteiger partial charge is 0.188 e. The third-order valence-electron chi connectivity index (χ3n) is 3.21. The lowest BCUT2D eigenvalue weighted by molar-refractivity contribution is 0.397. The van der Waals surface area contributed by atoms with E-state index in [9.17, 15) is 0 Å². The van der Waals surface area contributed by atoms with Crippen molar-refractivity contribution in [2.75, 3.05) is 26.6 Å². The van der Waals surface area contributed by atoms with Crippen LogP contribution in [-0.2, 0) is 0 Å². The van der Waals surface area contributed by atoms with Gasteiger partial charge in [-0.25, -0.2) is 4.98 Å². The molecule has 0 bridgehead atoms. The molecular formula is C16H16N2O3S. The number of benzene rings is 2. The number of aromatic nitrogens is 1. The Morgan fingerprint density at radius 1 is 0.955 bits per heavy atom. The molecule has 0 aliphatic carbocycles. The van der Waals surface area contributed by atoms with Crippen molar-refractivity contribution in [2.24, 2.45) is 0 Å². The molecule has 1 N–H and O–H groups in total. The molecule has 0 spiro atoms. The summed E-state index contributed by atoms with van der Waals surface area (Å²) in [7, 11) is 4.91. The van der Waals surface area contributed by atoms with E-state index in [4.69, 9.17) is 14.2 Å². The molecule has 6 heteroatoms. The van der Waals surface area contributed by atoms with Crippen molar-refractivity contribution in [1.29, 1.82) is 0 Å². The van der Waals surface area contributed by atoms with Crippen molar-refractivity contribution in [3.63, 3.8) is 0 Å². The summed E-state index contributed by atoms with van der Waals surface area (Å²) in [6.45, 7) is 0. The first-order chi connectivity index (χ1) is 10.7. The Bertz CT molecular complexity index is 801. The van der Waals surface area contributed by atoms with Crippen LogP contribution in [0.1, 0.15) is 0 Å². The average Bonchev–Trinajstić information content (AvgIpc) is 2.96. The molecule has 3 rings (SSSR count). The van der Waals surface area contributed by atoms with Gasteiger partial charge >= 0.3 is 0 Å². The third kappa shape index (κ3) is 2.78. The van der Waals surface area contributed by atoms with Gasteiger partial charge in [0.05, 0.1) is 26.0 Å². The van der Waals surface area contributed by atoms with E-state index in [-0.39, 0.29) is 0 Å². The zero-order valence-corrected chi connectivity index (χ0v) is 13.4. The SMILES string of the molecule is COc1cccc(Nc2nc3c(OC)cc(OC)cc3s2)c1. The lowest BCUT2D eigenvalue weighted by atomic mass is 10.3. The second-order valence-electron chi connectivity index (χ2n) is 4.55. The Labute approximate surface area is 132 Å². The van der Waals surface area contributed by atoms with Crippen LogP contribution in [-0.4, -0.2) is 26.3 Å². The molecule has 1 aromatic heterocycles. The van der Waals surface area contributed by atoms with Crippen LogP contribution in [0.5, 0.6) is 17.2 Å². The van der Waals surface area contributed by atoms with E-state index in [1.54, 1.807) is 32.7 Å². The van der Waals surface area contributed by atoms with E-state index in [0.29, 0.717) is 5.75 Å². The van der Waals surface area contributed by atoms with Crippen LogP contribution in [0.15, 0.2) is 36.4 Å². The standard InChI is InChI=1S/C16H16N2O3S/c1-19-11-6-4-5-10(7-11)17-16-18-15-13(21-3)8-12(20-2)9-14(15)22-16/h4-9H,1-3H3,(H,17,18). The average molecular weight is 316 g/mol. The van der Waals surface area contributed by atoms with Crippen LogP contribution < -0.4 is 19.5 Å². The number of fused-ring (bicyclic) bond motifs is 1. The minimum Gasteiger partial charge on any atom is -0.497 e. The van der Waals surface area contributed by atoms with Crippen LogP contribution >= 0.6 is 11.3 Å². The fraction of sp³-hybridized carbons (Fsp3) is 0.188. The maximum absolute atomic E-state index is 5.39. The minimum absolute atomic E-state index is 0.698. The Balaban J connectivity index is 1.97. The van der Waals surface area contributed by atoms with Gasteiger partial charge in [-0.3, -0.25) is 0 Å². The molecule has 0 unspecified atom stereocenters. The van der Waals surface area contributed by atoms with E-state index in [1.165, 1.54) is 0 Å². The molecule has 0 aliphatic rings. The number of thiazole rings is 1. The van der Waals surface area contributed by atoms with E-state index in [2.05, 4.69) is 10.3 Å². The van der Waals surface area contributed by atoms with Gasteiger partial charge in [0.25, 0.3) is 0 Å². The summed E-state index contributed by atoms with van der Waals surface area (Å²) in [5.41, 5.74) is 1.74. The Morgan fingerprint density at radius 3 is 2.50 bits per heavy atom. The van der Waals surface area contributed by atoms with Gasteiger partial charge < -0.3 is 19.5 Å². The summed E-state index contributed by atoms with van der Waals surface area (Å²) in [4.78, 5) is 4.60. The van der Waals surface area contributed by atoms with Gasteiger partial charge in [0, 0.05) is 17.8 Å². The van der Waals surface area contributed by atoms with Crippen LogP contribution in [0, 0.1) is 0 Å². The molecule has 1 heterocycles. The van der Waals surface area contributed by atoms with E-state index < -0.39 is 0 Å². The summed E-state index contributed by atoms with van der Waals surface area (Å²) < 4.78 is 16.9. The van der Waals surface area contributed by atoms with Crippen molar-refractivity contribution >= 4 is 32.4 Å². The molecule has 0 saturated carbocycles. The topological polar surface area (TPSA) is 52.6 Å². The van der Waals surface area contributed by atoms with E-state index in [0.717, 1.165) is 32.5 Å². The number of methoxy groups -OCH3 is 3. The summed E-state index contributed by atoms with van der Waals surface area (Å²) in [6, 6.07) is 11.5. The van der Waals surface area contributed by atoms with Crippen LogP contribution in [0.25, 0.3) is 10.2 Å². The highest BCUT2D eigenvalue weighted by molar-refractivity contribution is 7.22. The quantitative estimate of drug-likeness (QED) is 0.769. The van der Waals surface area contributed by atoms with Gasteiger partial charge in [-0.05, 0) is 18.2 Å². The van der Waals surface area contributed by atoms with Gasteiger partial charge in [-0.15, -0.1) is 0 Å². The highest BCUT2D eigenvalue weighted by atomic mass is 32.1. The van der Waals surface area contributed by atoms with Crippen molar-refractivity contribution in [3.8, 4) is 17.2 Å². The molecule has 22 heavy (non-hydrogen) atoms. The number of hydrogen-bond acceptors (Lipinski definition) is 6. The first-order valence-electron chi connectivity index (χ1n) is 6.67. The molecule has 3 aromatic rings. The number of anilines is 2. The molecule has 0 amide bonds. The Hall–Kier alpha value is -2.47. The summed E-state index contributed by atoms with van der Waals surface area (Å²) >= 11 is 1.54. The predicted octanol–water partition coefficient (Wildman–Crippen LogP) is 4.07. The molecule has 0 aliphatic heterocycles. The number of hydrogen-bond donors (Lipinski definition) is 1. The second kappa shape index (κ2) is 6.11. The predicted molar refractivity (Wildman–Crippen MR) is 89.0 cm³/mol. The number of nitrogens with zero attached hydrogens (tertiary/aromatic N) is 1. The minimum atomic E-state index is 0.698. The number of rotatable bonds is 5. The third-order valence-corrected chi connectivity index (χ3v) is 4.13. The number of ether oxygens (including phenoxy) is 3. The lowest BCUT2D eigenvalue weighted by Crippen LogP contribution is -1.91. The zero-order valence-electron chi connectivity index (χ0n) is 12.5. The van der Waals surface area contributed by atoms with Gasteiger partial charge in [0.15, 0.2) is 5.13 Å². The molecule has 0 saturated heterocycles. The largest absolute Gasteiger partial charge is 0.497 e. The van der Waals surface area contributed by atoms with Crippen molar-refractivity contribution in [3.05, 3.63) is 36.4 Å². The lowest BCUT2D eigenvalue weighted by Gasteiger charge is -2.04. The Kier molecular flexibility index (Phi) is 4.02. The summed E-state index contributed by atoms with van der Waals surface area (Å²) in [5.74, 6) is 2.25. The molecule has 0 atom stereocenters. The fourth-order valence-electron chi connectivity index (χ4n) is 2.13. The van der Waals surface area contributed by atoms with Gasteiger partial charge in [-0.1, -0.05) is 17.4 Å².